The highest BCUT2D eigenvalue weighted by atomic mass is 16.5. The molecule has 1 N–H and O–H groups in total. The molecule has 0 bridgehead atoms. The number of benzene rings is 3. The molecule has 0 amide bonds. The largest absolute Gasteiger partial charge is 0.489 e. The van der Waals surface area contributed by atoms with E-state index in [0.29, 0.717) is 12.4 Å². The normalized spacial score (nSPS) is 15.4. The lowest BCUT2D eigenvalue weighted by Gasteiger charge is -2.15. The van der Waals surface area contributed by atoms with E-state index in [9.17, 15) is 9.90 Å². The van der Waals surface area contributed by atoms with Gasteiger partial charge in [0.2, 0.25) is 0 Å². The fourth-order valence-corrected chi connectivity index (χ4v) is 3.62. The number of hydrogen-bond donors (Lipinski definition) is 1. The lowest BCUT2D eigenvalue weighted by Crippen LogP contribution is -2.21. The molecule has 1 aliphatic rings. The Bertz CT molecular complexity index is 975. The van der Waals surface area contributed by atoms with Gasteiger partial charge in [-0.05, 0) is 47.2 Å². The number of rotatable bonds is 7. The minimum absolute atomic E-state index is 0.157. The Morgan fingerprint density at radius 2 is 1.66 bits per heavy atom. The van der Waals surface area contributed by atoms with Crippen LogP contribution in [0.25, 0.3) is 0 Å². The molecule has 1 unspecified atom stereocenters. The summed E-state index contributed by atoms with van der Waals surface area (Å²) in [5, 5.41) is 10.6. The van der Waals surface area contributed by atoms with Crippen molar-refractivity contribution in [2.45, 2.75) is 31.0 Å². The van der Waals surface area contributed by atoms with E-state index in [2.05, 4.69) is 0 Å². The van der Waals surface area contributed by atoms with Gasteiger partial charge >= 0.3 is 5.97 Å². The Labute approximate surface area is 170 Å². The van der Waals surface area contributed by atoms with Crippen molar-refractivity contribution < 1.29 is 19.4 Å². The lowest BCUT2D eigenvalue weighted by atomic mass is 9.95. The molecule has 4 rings (SSSR count). The molecule has 1 aliphatic carbocycles. The summed E-state index contributed by atoms with van der Waals surface area (Å²) >= 11 is 0. The van der Waals surface area contributed by atoms with E-state index in [1.165, 1.54) is 7.11 Å². The van der Waals surface area contributed by atoms with Gasteiger partial charge in [-0.3, -0.25) is 4.79 Å². The third-order valence-corrected chi connectivity index (χ3v) is 5.53. The molecule has 4 nitrogen and oxygen atoms in total. The zero-order valence-electron chi connectivity index (χ0n) is 16.4. The highest BCUT2D eigenvalue weighted by Gasteiger charge is 2.52. The fourth-order valence-electron chi connectivity index (χ4n) is 3.62. The minimum Gasteiger partial charge on any atom is -0.489 e. The Morgan fingerprint density at radius 3 is 2.31 bits per heavy atom. The molecule has 3 aromatic carbocycles. The molecule has 0 aromatic heterocycles. The smallest absolute Gasteiger partial charge is 0.316 e. The molecular formula is C25H24O4. The Morgan fingerprint density at radius 1 is 0.966 bits per heavy atom. The third kappa shape index (κ3) is 4.03. The van der Waals surface area contributed by atoms with Crippen molar-refractivity contribution in [3.05, 3.63) is 101 Å². The first-order valence-corrected chi connectivity index (χ1v) is 9.76. The Balaban J connectivity index is 1.41. The number of carbonyl (C=O) groups is 1. The second-order valence-corrected chi connectivity index (χ2v) is 7.44. The zero-order chi connectivity index (χ0) is 20.3. The van der Waals surface area contributed by atoms with Crippen LogP contribution in [0.15, 0.2) is 78.9 Å². The van der Waals surface area contributed by atoms with Gasteiger partial charge in [0.15, 0.2) is 0 Å². The molecule has 0 spiro atoms. The number of aliphatic hydroxyl groups excluding tert-OH is 1. The second-order valence-electron chi connectivity index (χ2n) is 7.44. The van der Waals surface area contributed by atoms with Crippen molar-refractivity contribution in [3.8, 4) is 5.75 Å². The molecule has 1 atom stereocenters. The topological polar surface area (TPSA) is 55.8 Å². The highest BCUT2D eigenvalue weighted by Crippen LogP contribution is 2.49. The molecule has 1 fully saturated rings. The van der Waals surface area contributed by atoms with Crippen molar-refractivity contribution in [2.75, 3.05) is 7.11 Å². The average Bonchev–Trinajstić information content (AvgIpc) is 3.60. The number of carbonyl (C=O) groups excluding carboxylic acids is 1. The van der Waals surface area contributed by atoms with E-state index < -0.39 is 11.5 Å². The Kier molecular flexibility index (Phi) is 5.36. The van der Waals surface area contributed by atoms with Gasteiger partial charge in [0.1, 0.15) is 18.5 Å². The van der Waals surface area contributed by atoms with Gasteiger partial charge in [-0.15, -0.1) is 0 Å². The van der Waals surface area contributed by atoms with E-state index in [1.807, 2.05) is 78.9 Å². The molecule has 29 heavy (non-hydrogen) atoms. The quantitative estimate of drug-likeness (QED) is 0.603. The summed E-state index contributed by atoms with van der Waals surface area (Å²) in [5.41, 5.74) is 3.21. The van der Waals surface area contributed by atoms with Crippen LogP contribution in [0.3, 0.4) is 0 Å². The Hall–Kier alpha value is -3.11. The summed E-state index contributed by atoms with van der Waals surface area (Å²) in [7, 11) is 1.44. The maximum atomic E-state index is 12.0. The van der Waals surface area contributed by atoms with Crippen LogP contribution in [0, 0.1) is 0 Å². The van der Waals surface area contributed by atoms with Gasteiger partial charge in [-0.25, -0.2) is 0 Å². The monoisotopic (exact) mass is 388 g/mol. The van der Waals surface area contributed by atoms with Crippen molar-refractivity contribution in [1.82, 2.24) is 0 Å². The van der Waals surface area contributed by atoms with E-state index in [1.54, 1.807) is 0 Å². The molecule has 4 heteroatoms. The van der Waals surface area contributed by atoms with Crippen LogP contribution in [-0.2, 0) is 21.6 Å². The van der Waals surface area contributed by atoms with E-state index in [-0.39, 0.29) is 5.97 Å². The van der Waals surface area contributed by atoms with Crippen LogP contribution in [0.2, 0.25) is 0 Å². The number of aliphatic hydroxyl groups is 1. The van der Waals surface area contributed by atoms with E-state index >= 15 is 0 Å². The van der Waals surface area contributed by atoms with Crippen LogP contribution in [0.4, 0.5) is 0 Å². The summed E-state index contributed by atoms with van der Waals surface area (Å²) in [6, 6.07) is 25.0. The maximum absolute atomic E-state index is 12.0. The molecule has 0 heterocycles. The van der Waals surface area contributed by atoms with Crippen molar-refractivity contribution >= 4 is 5.97 Å². The number of ether oxygens (including phenoxy) is 2. The first-order valence-electron chi connectivity index (χ1n) is 9.76. The summed E-state index contributed by atoms with van der Waals surface area (Å²) in [6.07, 6.45) is 0.991. The predicted octanol–water partition coefficient (Wildman–Crippen LogP) is 4.55. The van der Waals surface area contributed by atoms with Gasteiger partial charge in [0.05, 0.1) is 12.5 Å². The summed E-state index contributed by atoms with van der Waals surface area (Å²) in [6.45, 7) is 0.413. The molecular weight excluding hydrogens is 364 g/mol. The SMILES string of the molecule is COC(=O)C1(c2ccc(COc3cccc(C(O)c4ccccc4)c3)cc2)CC1. The van der Waals surface area contributed by atoms with Gasteiger partial charge in [0.25, 0.3) is 0 Å². The molecule has 0 radical (unpaired) electrons. The maximum Gasteiger partial charge on any atom is 0.316 e. The summed E-state index contributed by atoms with van der Waals surface area (Å²) < 4.78 is 10.9. The van der Waals surface area contributed by atoms with Gasteiger partial charge in [0, 0.05) is 0 Å². The van der Waals surface area contributed by atoms with E-state index in [0.717, 1.165) is 35.1 Å². The van der Waals surface area contributed by atoms with E-state index in [4.69, 9.17) is 9.47 Å². The average molecular weight is 388 g/mol. The lowest BCUT2D eigenvalue weighted by molar-refractivity contribution is -0.143. The zero-order valence-corrected chi connectivity index (χ0v) is 16.4. The number of esters is 1. The van der Waals surface area contributed by atoms with Crippen LogP contribution in [0.5, 0.6) is 5.75 Å². The van der Waals surface area contributed by atoms with Gasteiger partial charge in [-0.2, -0.15) is 0 Å². The van der Waals surface area contributed by atoms with Crippen molar-refractivity contribution in [1.29, 1.82) is 0 Å². The van der Waals surface area contributed by atoms with Crippen LogP contribution in [-0.4, -0.2) is 18.2 Å². The predicted molar refractivity (Wildman–Crippen MR) is 111 cm³/mol. The molecule has 0 aliphatic heterocycles. The molecule has 3 aromatic rings. The van der Waals surface area contributed by atoms with Crippen LogP contribution in [0.1, 0.15) is 41.2 Å². The highest BCUT2D eigenvalue weighted by molar-refractivity contribution is 5.86. The first kappa shape index (κ1) is 19.2. The van der Waals surface area contributed by atoms with Crippen LogP contribution >= 0.6 is 0 Å². The molecule has 148 valence electrons. The van der Waals surface area contributed by atoms with Crippen molar-refractivity contribution in [2.24, 2.45) is 0 Å². The second kappa shape index (κ2) is 8.10. The third-order valence-electron chi connectivity index (χ3n) is 5.53. The minimum atomic E-state index is -0.688. The molecule has 0 saturated heterocycles. The van der Waals surface area contributed by atoms with Gasteiger partial charge < -0.3 is 14.6 Å². The number of methoxy groups -OCH3 is 1. The molecule has 1 saturated carbocycles. The first-order chi connectivity index (χ1) is 14.1. The summed E-state index contributed by atoms with van der Waals surface area (Å²) in [5.74, 6) is 0.546. The van der Waals surface area contributed by atoms with Gasteiger partial charge in [-0.1, -0.05) is 66.7 Å². The fraction of sp³-hybridized carbons (Fsp3) is 0.240. The van der Waals surface area contributed by atoms with Crippen molar-refractivity contribution in [3.63, 3.8) is 0 Å². The number of hydrogen-bond acceptors (Lipinski definition) is 4. The summed E-state index contributed by atoms with van der Waals surface area (Å²) in [4.78, 5) is 12.0. The standard InChI is InChI=1S/C25H24O4/c1-28-24(27)25(14-15-25)21-12-10-18(11-13-21)17-29-22-9-5-8-20(16-22)23(26)19-6-3-2-4-7-19/h2-13,16,23,26H,14-15,17H2,1H3. The van der Waals surface area contributed by atoms with Crippen LogP contribution < -0.4 is 4.74 Å².